The molecule has 0 aromatic carbocycles. The van der Waals surface area contributed by atoms with Crippen molar-refractivity contribution in [1.29, 1.82) is 0 Å². The second-order valence-electron chi connectivity index (χ2n) is 4.16. The van der Waals surface area contributed by atoms with Crippen LogP contribution in [0.2, 0.25) is 0 Å². The fourth-order valence-corrected chi connectivity index (χ4v) is 2.13. The predicted octanol–water partition coefficient (Wildman–Crippen LogP) is 0.903. The molecule has 1 aromatic heterocycles. The Balaban J connectivity index is 1.89. The van der Waals surface area contributed by atoms with E-state index in [0.717, 1.165) is 12.4 Å². The molecule has 5 nitrogen and oxygen atoms in total. The van der Waals surface area contributed by atoms with Gasteiger partial charge in [0.1, 0.15) is 0 Å². The Morgan fingerprint density at radius 2 is 2.20 bits per heavy atom. The van der Waals surface area contributed by atoms with Crippen LogP contribution in [0.15, 0.2) is 4.52 Å². The standard InChI is InChI=1S/C10H18N4O/c1-14(8-4-2-3-5-8)7-9-12-10(6-11)15-13-9/h8H,2-7,11H2,1H3. The average molecular weight is 210 g/mol. The van der Waals surface area contributed by atoms with Gasteiger partial charge in [0.15, 0.2) is 5.82 Å². The van der Waals surface area contributed by atoms with Crippen LogP contribution in [0.1, 0.15) is 37.4 Å². The zero-order chi connectivity index (χ0) is 10.7. The van der Waals surface area contributed by atoms with E-state index in [0.29, 0.717) is 18.5 Å². The molecule has 1 aliphatic rings. The normalized spacial score (nSPS) is 17.8. The fourth-order valence-electron chi connectivity index (χ4n) is 2.13. The minimum Gasteiger partial charge on any atom is -0.338 e. The lowest BCUT2D eigenvalue weighted by molar-refractivity contribution is 0.228. The van der Waals surface area contributed by atoms with Crippen LogP contribution in [0, 0.1) is 0 Å². The second kappa shape index (κ2) is 4.72. The van der Waals surface area contributed by atoms with Gasteiger partial charge in [0.05, 0.1) is 13.1 Å². The summed E-state index contributed by atoms with van der Waals surface area (Å²) in [6, 6.07) is 0.685. The van der Waals surface area contributed by atoms with Gasteiger partial charge in [0, 0.05) is 6.04 Å². The zero-order valence-corrected chi connectivity index (χ0v) is 9.15. The molecule has 0 unspecified atom stereocenters. The monoisotopic (exact) mass is 210 g/mol. The van der Waals surface area contributed by atoms with Gasteiger partial charge in [-0.2, -0.15) is 4.98 Å². The molecule has 2 N–H and O–H groups in total. The zero-order valence-electron chi connectivity index (χ0n) is 9.15. The van der Waals surface area contributed by atoms with E-state index in [2.05, 4.69) is 22.1 Å². The number of nitrogens with zero attached hydrogens (tertiary/aromatic N) is 3. The molecule has 0 amide bonds. The Bertz CT molecular complexity index is 306. The molecule has 1 fully saturated rings. The molecular formula is C10H18N4O. The fraction of sp³-hybridized carbons (Fsp3) is 0.800. The first kappa shape index (κ1) is 10.6. The maximum Gasteiger partial charge on any atom is 0.240 e. The van der Waals surface area contributed by atoms with Crippen molar-refractivity contribution in [3.63, 3.8) is 0 Å². The summed E-state index contributed by atoms with van der Waals surface area (Å²) in [4.78, 5) is 6.50. The number of aromatic nitrogens is 2. The van der Waals surface area contributed by atoms with E-state index in [4.69, 9.17) is 10.3 Å². The molecule has 0 aliphatic heterocycles. The van der Waals surface area contributed by atoms with Crippen molar-refractivity contribution in [3.05, 3.63) is 11.7 Å². The lowest BCUT2D eigenvalue weighted by Gasteiger charge is -2.21. The van der Waals surface area contributed by atoms with Gasteiger partial charge >= 0.3 is 0 Å². The first-order valence-electron chi connectivity index (χ1n) is 5.51. The van der Waals surface area contributed by atoms with Crippen LogP contribution in [-0.4, -0.2) is 28.1 Å². The molecular weight excluding hydrogens is 192 g/mol. The van der Waals surface area contributed by atoms with Crippen molar-refractivity contribution < 1.29 is 4.52 Å². The van der Waals surface area contributed by atoms with Crippen LogP contribution >= 0.6 is 0 Å². The van der Waals surface area contributed by atoms with E-state index in [-0.39, 0.29) is 0 Å². The molecule has 1 saturated carbocycles. The maximum atomic E-state index is 5.41. The first-order valence-corrected chi connectivity index (χ1v) is 5.51. The molecule has 1 heterocycles. The third kappa shape index (κ3) is 2.54. The van der Waals surface area contributed by atoms with Crippen LogP contribution < -0.4 is 5.73 Å². The van der Waals surface area contributed by atoms with E-state index in [1.54, 1.807) is 0 Å². The topological polar surface area (TPSA) is 68.2 Å². The van der Waals surface area contributed by atoms with Crippen LogP contribution in [0.5, 0.6) is 0 Å². The molecule has 2 rings (SSSR count). The van der Waals surface area contributed by atoms with E-state index in [1.807, 2.05) is 0 Å². The molecule has 1 aromatic rings. The smallest absolute Gasteiger partial charge is 0.240 e. The van der Waals surface area contributed by atoms with Crippen LogP contribution in [-0.2, 0) is 13.1 Å². The molecule has 0 bridgehead atoms. The molecule has 0 saturated heterocycles. The van der Waals surface area contributed by atoms with Crippen LogP contribution in [0.25, 0.3) is 0 Å². The predicted molar refractivity (Wildman–Crippen MR) is 55.9 cm³/mol. The largest absolute Gasteiger partial charge is 0.338 e. The van der Waals surface area contributed by atoms with Crippen molar-refractivity contribution in [3.8, 4) is 0 Å². The number of nitrogens with two attached hydrogens (primary N) is 1. The quantitative estimate of drug-likeness (QED) is 0.799. The Morgan fingerprint density at radius 1 is 1.47 bits per heavy atom. The Hall–Kier alpha value is -0.940. The minimum atomic E-state index is 0.320. The minimum absolute atomic E-state index is 0.320. The Labute approximate surface area is 89.6 Å². The van der Waals surface area contributed by atoms with Crippen molar-refractivity contribution in [1.82, 2.24) is 15.0 Å². The summed E-state index contributed by atoms with van der Waals surface area (Å²) in [6.45, 7) is 1.08. The van der Waals surface area contributed by atoms with Gasteiger partial charge < -0.3 is 10.3 Å². The summed E-state index contributed by atoms with van der Waals surface area (Å²) >= 11 is 0. The summed E-state index contributed by atoms with van der Waals surface area (Å²) in [5.74, 6) is 1.26. The first-order chi connectivity index (χ1) is 7.29. The van der Waals surface area contributed by atoms with E-state index >= 15 is 0 Å². The van der Waals surface area contributed by atoms with E-state index in [1.165, 1.54) is 25.7 Å². The van der Waals surface area contributed by atoms with Crippen molar-refractivity contribution >= 4 is 0 Å². The molecule has 84 valence electrons. The Kier molecular flexibility index (Phi) is 3.33. The lowest BCUT2D eigenvalue weighted by atomic mass is 10.2. The summed E-state index contributed by atoms with van der Waals surface area (Å²) in [5.41, 5.74) is 5.41. The van der Waals surface area contributed by atoms with Crippen molar-refractivity contribution in [2.24, 2.45) is 5.73 Å². The summed E-state index contributed by atoms with van der Waals surface area (Å²) in [6.07, 6.45) is 5.26. The number of hydrogen-bond donors (Lipinski definition) is 1. The SMILES string of the molecule is CN(Cc1noc(CN)n1)C1CCCC1. The van der Waals surface area contributed by atoms with E-state index in [9.17, 15) is 0 Å². The van der Waals surface area contributed by atoms with Crippen LogP contribution in [0.4, 0.5) is 0 Å². The molecule has 5 heteroatoms. The molecule has 15 heavy (non-hydrogen) atoms. The lowest BCUT2D eigenvalue weighted by Crippen LogP contribution is -2.28. The summed E-state index contributed by atoms with van der Waals surface area (Å²) in [7, 11) is 2.12. The molecule has 0 atom stereocenters. The number of rotatable bonds is 4. The van der Waals surface area contributed by atoms with Gasteiger partial charge in [0.25, 0.3) is 0 Å². The van der Waals surface area contributed by atoms with E-state index < -0.39 is 0 Å². The number of hydrogen-bond acceptors (Lipinski definition) is 5. The highest BCUT2D eigenvalue weighted by molar-refractivity contribution is 4.87. The highest BCUT2D eigenvalue weighted by atomic mass is 16.5. The molecule has 1 aliphatic carbocycles. The average Bonchev–Trinajstić information content (AvgIpc) is 2.87. The highest BCUT2D eigenvalue weighted by Gasteiger charge is 2.20. The molecule has 0 radical (unpaired) electrons. The third-order valence-corrected chi connectivity index (χ3v) is 3.02. The van der Waals surface area contributed by atoms with Gasteiger partial charge in [-0.15, -0.1) is 0 Å². The van der Waals surface area contributed by atoms with Gasteiger partial charge in [-0.1, -0.05) is 18.0 Å². The van der Waals surface area contributed by atoms with Gasteiger partial charge in [0.2, 0.25) is 5.89 Å². The highest BCUT2D eigenvalue weighted by Crippen LogP contribution is 2.23. The van der Waals surface area contributed by atoms with Gasteiger partial charge in [-0.3, -0.25) is 4.90 Å². The van der Waals surface area contributed by atoms with Gasteiger partial charge in [-0.05, 0) is 19.9 Å². The second-order valence-corrected chi connectivity index (χ2v) is 4.16. The van der Waals surface area contributed by atoms with Crippen molar-refractivity contribution in [2.75, 3.05) is 7.05 Å². The third-order valence-electron chi connectivity index (χ3n) is 3.02. The molecule has 0 spiro atoms. The van der Waals surface area contributed by atoms with Crippen LogP contribution in [0.3, 0.4) is 0 Å². The summed E-state index contributed by atoms with van der Waals surface area (Å²) < 4.78 is 4.96. The maximum absolute atomic E-state index is 5.41. The van der Waals surface area contributed by atoms with Gasteiger partial charge in [-0.25, -0.2) is 0 Å². The van der Waals surface area contributed by atoms with Crippen molar-refractivity contribution in [2.45, 2.75) is 44.8 Å². The summed E-state index contributed by atoms with van der Waals surface area (Å²) in [5, 5.41) is 3.89. The Morgan fingerprint density at radius 3 is 2.80 bits per heavy atom.